The molecule has 4 heteroatoms. The highest BCUT2D eigenvalue weighted by Gasteiger charge is 2.38. The summed E-state index contributed by atoms with van der Waals surface area (Å²) >= 11 is 0. The van der Waals surface area contributed by atoms with Crippen LogP contribution in [-0.4, -0.2) is 24.6 Å². The van der Waals surface area contributed by atoms with Crippen molar-refractivity contribution >= 4 is 5.78 Å². The average molecular weight is 199 g/mol. The highest BCUT2D eigenvalue weighted by Crippen LogP contribution is 2.30. The van der Waals surface area contributed by atoms with E-state index in [0.29, 0.717) is 11.3 Å². The van der Waals surface area contributed by atoms with Crippen LogP contribution in [0.25, 0.3) is 0 Å². The number of ketones is 1. The van der Waals surface area contributed by atoms with Crippen LogP contribution in [0.2, 0.25) is 0 Å². The maximum atomic E-state index is 12.1. The number of Topliss-reactive ketones (excluding diaryl/α,β-unsaturated/α-hetero) is 1. The molecule has 3 nitrogen and oxygen atoms in total. The van der Waals surface area contributed by atoms with Crippen molar-refractivity contribution in [3.05, 3.63) is 24.0 Å². The Labute approximate surface area is 82.4 Å². The van der Waals surface area contributed by atoms with Gasteiger partial charge in [-0.2, -0.15) is 0 Å². The molecule has 1 aliphatic rings. The van der Waals surface area contributed by atoms with Gasteiger partial charge in [-0.3, -0.25) is 4.79 Å². The van der Waals surface area contributed by atoms with Crippen molar-refractivity contribution in [1.29, 1.82) is 0 Å². The van der Waals surface area contributed by atoms with Crippen molar-refractivity contribution in [2.45, 2.75) is 18.9 Å². The van der Waals surface area contributed by atoms with Crippen molar-refractivity contribution in [3.63, 3.8) is 0 Å². The Morgan fingerprint density at radius 1 is 1.86 bits per heavy atom. The van der Waals surface area contributed by atoms with E-state index in [2.05, 4.69) is 6.58 Å². The van der Waals surface area contributed by atoms with Gasteiger partial charge >= 0.3 is 0 Å². The minimum Gasteiger partial charge on any atom is -0.496 e. The first-order valence-electron chi connectivity index (χ1n) is 4.36. The molecule has 0 saturated carbocycles. The lowest BCUT2D eigenvalue weighted by Gasteiger charge is -2.22. The first-order valence-corrected chi connectivity index (χ1v) is 4.36. The second-order valence-electron chi connectivity index (χ2n) is 3.47. The van der Waals surface area contributed by atoms with E-state index in [1.54, 1.807) is 13.0 Å². The molecule has 0 aliphatic carbocycles. The fourth-order valence-electron chi connectivity index (χ4n) is 1.64. The van der Waals surface area contributed by atoms with Crippen LogP contribution in [-0.2, 0) is 9.53 Å². The van der Waals surface area contributed by atoms with E-state index in [4.69, 9.17) is 10.5 Å². The zero-order chi connectivity index (χ0) is 10.8. The number of nitrogens with two attached hydrogens (primary N) is 1. The number of allylic oxidation sites excluding steroid dienone is 1. The van der Waals surface area contributed by atoms with Crippen LogP contribution in [0.4, 0.5) is 4.39 Å². The van der Waals surface area contributed by atoms with Crippen molar-refractivity contribution in [1.82, 2.24) is 0 Å². The van der Waals surface area contributed by atoms with E-state index < -0.39 is 18.0 Å². The third-order valence-corrected chi connectivity index (χ3v) is 2.33. The Kier molecular flexibility index (Phi) is 3.06. The quantitative estimate of drug-likeness (QED) is 0.737. The highest BCUT2D eigenvalue weighted by molar-refractivity contribution is 5.81. The molecule has 0 aromatic heterocycles. The normalized spacial score (nSPS) is 26.2. The number of rotatable bonds is 4. The lowest BCUT2D eigenvalue weighted by atomic mass is 9.87. The van der Waals surface area contributed by atoms with E-state index in [1.165, 1.54) is 0 Å². The van der Waals surface area contributed by atoms with E-state index in [-0.39, 0.29) is 13.0 Å². The molecule has 0 fully saturated rings. The predicted octanol–water partition coefficient (Wildman–Crippen LogP) is 1.10. The Hall–Kier alpha value is -1.16. The van der Waals surface area contributed by atoms with Gasteiger partial charge in [-0.1, -0.05) is 12.7 Å². The Balaban J connectivity index is 2.85. The van der Waals surface area contributed by atoms with Crippen LogP contribution in [0.3, 0.4) is 0 Å². The zero-order valence-corrected chi connectivity index (χ0v) is 8.18. The van der Waals surface area contributed by atoms with Crippen molar-refractivity contribution in [3.8, 4) is 0 Å². The topological polar surface area (TPSA) is 52.3 Å². The van der Waals surface area contributed by atoms with Gasteiger partial charge in [0.15, 0.2) is 5.78 Å². The Morgan fingerprint density at radius 2 is 2.50 bits per heavy atom. The summed E-state index contributed by atoms with van der Waals surface area (Å²) < 4.78 is 17.3. The molecule has 1 rings (SSSR count). The van der Waals surface area contributed by atoms with Gasteiger partial charge in [0.25, 0.3) is 0 Å². The van der Waals surface area contributed by atoms with Crippen LogP contribution < -0.4 is 5.73 Å². The van der Waals surface area contributed by atoms with Gasteiger partial charge in [0.1, 0.15) is 13.3 Å². The van der Waals surface area contributed by atoms with Gasteiger partial charge in [0.2, 0.25) is 0 Å². The molecule has 78 valence electrons. The minimum absolute atomic E-state index is 0.0395. The standard InChI is InChI=1S/C10H14FNO2/c1-3-9-7(2)14-6-10(9,12)4-8(13)5-11/h3H,1,4-6,12H2,2H3. The maximum Gasteiger partial charge on any atom is 0.166 e. The van der Waals surface area contributed by atoms with Gasteiger partial charge < -0.3 is 10.5 Å². The number of carbonyl (C=O) groups is 1. The summed E-state index contributed by atoms with van der Waals surface area (Å²) in [5.74, 6) is 0.152. The molecule has 0 aromatic carbocycles. The second-order valence-corrected chi connectivity index (χ2v) is 3.47. The van der Waals surface area contributed by atoms with E-state index in [1.807, 2.05) is 0 Å². The van der Waals surface area contributed by atoms with Crippen LogP contribution in [0, 0.1) is 0 Å². The lowest BCUT2D eigenvalue weighted by molar-refractivity contribution is -0.120. The molecule has 0 bridgehead atoms. The SMILES string of the molecule is C=CC1=C(C)OCC1(N)CC(=O)CF. The number of alkyl halides is 1. The number of hydrogen-bond acceptors (Lipinski definition) is 3. The Morgan fingerprint density at radius 3 is 3.00 bits per heavy atom. The molecule has 1 atom stereocenters. The van der Waals surface area contributed by atoms with Crippen LogP contribution in [0.15, 0.2) is 24.0 Å². The molecule has 0 spiro atoms. The number of halogens is 1. The van der Waals surface area contributed by atoms with E-state index in [9.17, 15) is 9.18 Å². The summed E-state index contributed by atoms with van der Waals surface area (Å²) in [4.78, 5) is 11.0. The molecule has 1 heterocycles. The zero-order valence-electron chi connectivity index (χ0n) is 8.18. The molecule has 1 aliphatic heterocycles. The fraction of sp³-hybridized carbons (Fsp3) is 0.500. The third-order valence-electron chi connectivity index (χ3n) is 2.33. The molecule has 0 amide bonds. The molecule has 14 heavy (non-hydrogen) atoms. The molecule has 0 saturated heterocycles. The smallest absolute Gasteiger partial charge is 0.166 e. The predicted molar refractivity (Wildman–Crippen MR) is 51.4 cm³/mol. The van der Waals surface area contributed by atoms with Gasteiger partial charge in [-0.05, 0) is 6.92 Å². The number of hydrogen-bond donors (Lipinski definition) is 1. The second kappa shape index (κ2) is 3.92. The van der Waals surface area contributed by atoms with E-state index >= 15 is 0 Å². The van der Waals surface area contributed by atoms with Gasteiger partial charge in [0.05, 0.1) is 11.3 Å². The lowest BCUT2D eigenvalue weighted by Crippen LogP contribution is -2.45. The molecule has 2 N–H and O–H groups in total. The van der Waals surface area contributed by atoms with Crippen LogP contribution in [0.1, 0.15) is 13.3 Å². The first kappa shape index (κ1) is 10.9. The first-order chi connectivity index (χ1) is 6.53. The van der Waals surface area contributed by atoms with Crippen molar-refractivity contribution in [2.24, 2.45) is 5.73 Å². The van der Waals surface area contributed by atoms with Gasteiger partial charge in [0, 0.05) is 12.0 Å². The minimum atomic E-state index is -0.984. The van der Waals surface area contributed by atoms with Crippen LogP contribution in [0.5, 0.6) is 0 Å². The van der Waals surface area contributed by atoms with Gasteiger partial charge in [-0.15, -0.1) is 0 Å². The fourth-order valence-corrected chi connectivity index (χ4v) is 1.64. The summed E-state index contributed by atoms with van der Waals surface area (Å²) in [5, 5.41) is 0. The van der Waals surface area contributed by atoms with Crippen molar-refractivity contribution in [2.75, 3.05) is 13.3 Å². The summed E-state index contributed by atoms with van der Waals surface area (Å²) in [7, 11) is 0. The number of carbonyl (C=O) groups excluding carboxylic acids is 1. The highest BCUT2D eigenvalue weighted by atomic mass is 19.1. The number of ether oxygens (including phenoxy) is 1. The van der Waals surface area contributed by atoms with Gasteiger partial charge in [-0.25, -0.2) is 4.39 Å². The molecule has 0 aromatic rings. The maximum absolute atomic E-state index is 12.1. The molecular formula is C10H14FNO2. The summed E-state index contributed by atoms with van der Waals surface area (Å²) in [6, 6.07) is 0. The monoisotopic (exact) mass is 199 g/mol. The summed E-state index contributed by atoms with van der Waals surface area (Å²) in [5.41, 5.74) is 5.74. The van der Waals surface area contributed by atoms with E-state index in [0.717, 1.165) is 0 Å². The molecule has 0 radical (unpaired) electrons. The van der Waals surface area contributed by atoms with Crippen LogP contribution >= 0.6 is 0 Å². The third kappa shape index (κ3) is 1.85. The summed E-state index contributed by atoms with van der Waals surface area (Å²) in [6.45, 7) is 4.58. The molecule has 1 unspecified atom stereocenters. The van der Waals surface area contributed by atoms with Crippen molar-refractivity contribution < 1.29 is 13.9 Å². The largest absolute Gasteiger partial charge is 0.496 e. The molecular weight excluding hydrogens is 185 g/mol. The Bertz CT molecular complexity index is 298. The summed E-state index contributed by atoms with van der Waals surface area (Å²) in [6.07, 6.45) is 1.52. The average Bonchev–Trinajstić information content (AvgIpc) is 2.42.